The summed E-state index contributed by atoms with van der Waals surface area (Å²) in [6, 6.07) is 13.0. The predicted molar refractivity (Wildman–Crippen MR) is 105 cm³/mol. The standard InChI is InChI=1S/C20H24BrNO4/c1-14(23)15-8-9-19(20(10-15)25-3)26-13-17(24)12-22(2)11-16-6-4-5-7-18(16)21/h4-10,17,24H,11-13H2,1-3H3/t17-/m1/s1. The summed E-state index contributed by atoms with van der Waals surface area (Å²) in [6.07, 6.45) is -0.653. The number of carbonyl (C=O) groups excluding carboxylic acids is 1. The third kappa shape index (κ3) is 5.83. The van der Waals surface area contributed by atoms with E-state index in [2.05, 4.69) is 15.9 Å². The molecule has 1 atom stereocenters. The molecule has 5 nitrogen and oxygen atoms in total. The number of aliphatic hydroxyl groups excluding tert-OH is 1. The Bertz CT molecular complexity index is 750. The number of nitrogens with zero attached hydrogens (tertiary/aromatic N) is 1. The van der Waals surface area contributed by atoms with Crippen molar-refractivity contribution >= 4 is 21.7 Å². The second-order valence-corrected chi connectivity index (χ2v) is 7.03. The van der Waals surface area contributed by atoms with E-state index in [1.807, 2.05) is 36.2 Å². The van der Waals surface area contributed by atoms with Crippen LogP contribution < -0.4 is 9.47 Å². The lowest BCUT2D eigenvalue weighted by atomic mass is 10.1. The number of halogens is 1. The van der Waals surface area contributed by atoms with Gasteiger partial charge in [-0.1, -0.05) is 34.1 Å². The van der Waals surface area contributed by atoms with E-state index in [0.717, 1.165) is 16.6 Å². The maximum absolute atomic E-state index is 11.4. The molecule has 140 valence electrons. The number of hydrogen-bond donors (Lipinski definition) is 1. The minimum atomic E-state index is -0.653. The topological polar surface area (TPSA) is 59.0 Å². The molecule has 6 heteroatoms. The fraction of sp³-hybridized carbons (Fsp3) is 0.350. The van der Waals surface area contributed by atoms with Crippen molar-refractivity contribution in [2.45, 2.75) is 19.6 Å². The van der Waals surface area contributed by atoms with Gasteiger partial charge in [-0.25, -0.2) is 0 Å². The van der Waals surface area contributed by atoms with Crippen molar-refractivity contribution in [3.8, 4) is 11.5 Å². The van der Waals surface area contributed by atoms with Crippen LogP contribution in [0.25, 0.3) is 0 Å². The normalized spacial score (nSPS) is 12.1. The summed E-state index contributed by atoms with van der Waals surface area (Å²) >= 11 is 3.53. The second kappa shape index (κ2) is 9.71. The van der Waals surface area contributed by atoms with Crippen LogP contribution in [0.15, 0.2) is 46.9 Å². The molecule has 0 aliphatic rings. The first kappa shape index (κ1) is 20.4. The zero-order valence-corrected chi connectivity index (χ0v) is 16.8. The van der Waals surface area contributed by atoms with Gasteiger partial charge in [-0.15, -0.1) is 0 Å². The lowest BCUT2D eigenvalue weighted by Gasteiger charge is -2.21. The minimum absolute atomic E-state index is 0.0383. The smallest absolute Gasteiger partial charge is 0.161 e. The Morgan fingerprint density at radius 3 is 2.62 bits per heavy atom. The monoisotopic (exact) mass is 421 g/mol. The molecule has 0 aliphatic carbocycles. The lowest BCUT2D eigenvalue weighted by Crippen LogP contribution is -2.32. The van der Waals surface area contributed by atoms with E-state index >= 15 is 0 Å². The Kier molecular flexibility index (Phi) is 7.63. The van der Waals surface area contributed by atoms with Gasteiger partial charge in [-0.3, -0.25) is 9.69 Å². The number of benzene rings is 2. The summed E-state index contributed by atoms with van der Waals surface area (Å²) in [5, 5.41) is 10.3. The van der Waals surface area contributed by atoms with Crippen LogP contribution in [0.2, 0.25) is 0 Å². The zero-order chi connectivity index (χ0) is 19.1. The molecule has 0 amide bonds. The molecule has 0 unspecified atom stereocenters. The SMILES string of the molecule is COc1cc(C(C)=O)ccc1OC[C@H](O)CN(C)Cc1ccccc1Br. The van der Waals surface area contributed by atoms with E-state index in [0.29, 0.717) is 23.6 Å². The van der Waals surface area contributed by atoms with Gasteiger partial charge >= 0.3 is 0 Å². The quantitative estimate of drug-likeness (QED) is 0.627. The highest BCUT2D eigenvalue weighted by Gasteiger charge is 2.13. The van der Waals surface area contributed by atoms with E-state index < -0.39 is 6.10 Å². The van der Waals surface area contributed by atoms with E-state index in [1.165, 1.54) is 14.0 Å². The van der Waals surface area contributed by atoms with Crippen LogP contribution in [0.4, 0.5) is 0 Å². The van der Waals surface area contributed by atoms with Crippen molar-refractivity contribution in [3.05, 3.63) is 58.1 Å². The van der Waals surface area contributed by atoms with Gasteiger partial charge in [0.15, 0.2) is 17.3 Å². The number of rotatable bonds is 9. The number of ether oxygens (including phenoxy) is 2. The number of hydrogen-bond acceptors (Lipinski definition) is 5. The largest absolute Gasteiger partial charge is 0.493 e. The van der Waals surface area contributed by atoms with Crippen molar-refractivity contribution in [3.63, 3.8) is 0 Å². The first-order valence-corrected chi connectivity index (χ1v) is 9.11. The average molecular weight is 422 g/mol. The molecule has 0 saturated carbocycles. The number of likely N-dealkylation sites (N-methyl/N-ethyl adjacent to an activating group) is 1. The lowest BCUT2D eigenvalue weighted by molar-refractivity contribution is 0.0732. The van der Waals surface area contributed by atoms with Gasteiger partial charge in [0.2, 0.25) is 0 Å². The van der Waals surface area contributed by atoms with Crippen LogP contribution in [0, 0.1) is 0 Å². The molecule has 0 aliphatic heterocycles. The molecular formula is C20H24BrNO4. The van der Waals surface area contributed by atoms with E-state index in [-0.39, 0.29) is 12.4 Å². The van der Waals surface area contributed by atoms with Gasteiger partial charge in [0.25, 0.3) is 0 Å². The van der Waals surface area contributed by atoms with Crippen LogP contribution in [0.1, 0.15) is 22.8 Å². The van der Waals surface area contributed by atoms with E-state index in [9.17, 15) is 9.90 Å². The highest BCUT2D eigenvalue weighted by Crippen LogP contribution is 2.28. The van der Waals surface area contributed by atoms with Gasteiger partial charge in [-0.05, 0) is 43.8 Å². The molecule has 0 spiro atoms. The van der Waals surface area contributed by atoms with Gasteiger partial charge in [-0.2, -0.15) is 0 Å². The van der Waals surface area contributed by atoms with Crippen molar-refractivity contribution in [1.82, 2.24) is 4.90 Å². The van der Waals surface area contributed by atoms with Gasteiger partial charge in [0, 0.05) is 23.1 Å². The van der Waals surface area contributed by atoms with Crippen molar-refractivity contribution in [2.24, 2.45) is 0 Å². The van der Waals surface area contributed by atoms with Gasteiger partial charge in [0.1, 0.15) is 12.7 Å². The molecule has 26 heavy (non-hydrogen) atoms. The Labute approximate surface area is 162 Å². The molecule has 0 saturated heterocycles. The molecule has 0 heterocycles. The zero-order valence-electron chi connectivity index (χ0n) is 15.2. The molecule has 2 rings (SSSR count). The number of aliphatic hydroxyl groups is 1. The fourth-order valence-corrected chi connectivity index (χ4v) is 3.00. The fourth-order valence-electron chi connectivity index (χ4n) is 2.59. The Hall–Kier alpha value is -1.89. The number of ketones is 1. The number of carbonyl (C=O) groups is 1. The summed E-state index contributed by atoms with van der Waals surface area (Å²) in [5.41, 5.74) is 1.72. The first-order valence-electron chi connectivity index (χ1n) is 8.32. The molecule has 2 aromatic carbocycles. The molecule has 0 radical (unpaired) electrons. The van der Waals surface area contributed by atoms with E-state index in [4.69, 9.17) is 9.47 Å². The Morgan fingerprint density at radius 1 is 1.23 bits per heavy atom. The predicted octanol–water partition coefficient (Wildman–Crippen LogP) is 3.53. The molecular weight excluding hydrogens is 398 g/mol. The average Bonchev–Trinajstić information content (AvgIpc) is 2.61. The third-order valence-electron chi connectivity index (χ3n) is 3.92. The summed E-state index contributed by atoms with van der Waals surface area (Å²) in [6.45, 7) is 2.82. The van der Waals surface area contributed by atoms with E-state index in [1.54, 1.807) is 18.2 Å². The van der Waals surface area contributed by atoms with Crippen LogP contribution in [-0.4, -0.2) is 49.2 Å². The molecule has 0 fully saturated rings. The maximum Gasteiger partial charge on any atom is 0.161 e. The maximum atomic E-state index is 11.4. The Morgan fingerprint density at radius 2 is 1.96 bits per heavy atom. The highest BCUT2D eigenvalue weighted by atomic mass is 79.9. The van der Waals surface area contributed by atoms with Crippen LogP contribution in [0.3, 0.4) is 0 Å². The highest BCUT2D eigenvalue weighted by molar-refractivity contribution is 9.10. The third-order valence-corrected chi connectivity index (χ3v) is 4.70. The summed E-state index contributed by atoms with van der Waals surface area (Å²) in [5.74, 6) is 0.944. The van der Waals surface area contributed by atoms with Crippen LogP contribution in [0.5, 0.6) is 11.5 Å². The molecule has 0 aromatic heterocycles. The number of Topliss-reactive ketones (excluding diaryl/α,β-unsaturated/α-hetero) is 1. The van der Waals surface area contributed by atoms with Crippen molar-refractivity contribution < 1.29 is 19.4 Å². The van der Waals surface area contributed by atoms with Crippen molar-refractivity contribution in [2.75, 3.05) is 27.3 Å². The number of methoxy groups -OCH3 is 1. The molecule has 0 bridgehead atoms. The van der Waals surface area contributed by atoms with Gasteiger partial charge < -0.3 is 14.6 Å². The van der Waals surface area contributed by atoms with Crippen LogP contribution in [-0.2, 0) is 6.54 Å². The second-order valence-electron chi connectivity index (χ2n) is 6.17. The molecule has 1 N–H and O–H groups in total. The van der Waals surface area contributed by atoms with Crippen molar-refractivity contribution in [1.29, 1.82) is 0 Å². The minimum Gasteiger partial charge on any atom is -0.493 e. The Balaban J connectivity index is 1.89. The first-order chi connectivity index (χ1) is 12.4. The van der Waals surface area contributed by atoms with Gasteiger partial charge in [0.05, 0.1) is 7.11 Å². The molecule has 2 aromatic rings. The summed E-state index contributed by atoms with van der Waals surface area (Å²) < 4.78 is 12.0. The summed E-state index contributed by atoms with van der Waals surface area (Å²) in [4.78, 5) is 13.5. The van der Waals surface area contributed by atoms with Crippen LogP contribution >= 0.6 is 15.9 Å². The summed E-state index contributed by atoms with van der Waals surface area (Å²) in [7, 11) is 3.47.